The molecule has 0 radical (unpaired) electrons. The highest BCUT2D eigenvalue weighted by atomic mass is 16.5. The first-order valence-corrected chi connectivity index (χ1v) is 8.01. The van der Waals surface area contributed by atoms with Gasteiger partial charge in [0.15, 0.2) is 0 Å². The summed E-state index contributed by atoms with van der Waals surface area (Å²) in [6.07, 6.45) is 3.79. The number of ether oxygens (including phenoxy) is 1. The highest BCUT2D eigenvalue weighted by Gasteiger charge is 2.46. The third kappa shape index (κ3) is 2.62. The van der Waals surface area contributed by atoms with Gasteiger partial charge in [0.25, 0.3) is 0 Å². The van der Waals surface area contributed by atoms with Gasteiger partial charge in [-0.1, -0.05) is 24.3 Å². The van der Waals surface area contributed by atoms with Crippen LogP contribution >= 0.6 is 0 Å². The number of benzene rings is 1. The molecule has 1 aromatic rings. The average Bonchev–Trinajstić information content (AvgIpc) is 2.45. The topological polar surface area (TPSA) is 12.5 Å². The minimum Gasteiger partial charge on any atom is -0.378 e. The molecule has 0 spiro atoms. The Morgan fingerprint density at radius 1 is 1.19 bits per heavy atom. The van der Waals surface area contributed by atoms with Crippen LogP contribution in [0.15, 0.2) is 36.4 Å². The molecule has 1 aliphatic carbocycles. The number of hydrogen-bond acceptors (Lipinski definition) is 2. The first-order valence-electron chi connectivity index (χ1n) is 8.01. The molecule has 0 aromatic heterocycles. The molecule has 0 amide bonds. The Morgan fingerprint density at radius 2 is 1.86 bits per heavy atom. The Hall–Kier alpha value is -1.28. The Bertz CT molecular complexity index is 529. The largest absolute Gasteiger partial charge is 0.378 e. The van der Waals surface area contributed by atoms with Crippen molar-refractivity contribution in [2.24, 2.45) is 11.8 Å². The molecule has 114 valence electrons. The van der Waals surface area contributed by atoms with Gasteiger partial charge in [-0.2, -0.15) is 0 Å². The molecule has 1 aliphatic heterocycles. The fourth-order valence-corrected chi connectivity index (χ4v) is 3.87. The molecule has 1 saturated carbocycles. The van der Waals surface area contributed by atoms with E-state index in [0.29, 0.717) is 11.8 Å². The van der Waals surface area contributed by atoms with E-state index in [4.69, 9.17) is 4.74 Å². The van der Waals surface area contributed by atoms with E-state index < -0.39 is 0 Å². The van der Waals surface area contributed by atoms with Crippen LogP contribution in [-0.4, -0.2) is 19.7 Å². The quantitative estimate of drug-likeness (QED) is 0.738. The van der Waals surface area contributed by atoms with E-state index >= 15 is 0 Å². The molecule has 0 N–H and O–H groups in total. The molecule has 3 unspecified atom stereocenters. The first-order chi connectivity index (χ1) is 9.88. The lowest BCUT2D eigenvalue weighted by atomic mass is 9.67. The molecular weight excluding hydrogens is 258 g/mol. The monoisotopic (exact) mass is 285 g/mol. The van der Waals surface area contributed by atoms with Crippen molar-refractivity contribution in [2.45, 2.75) is 44.8 Å². The Morgan fingerprint density at radius 3 is 2.48 bits per heavy atom. The smallest absolute Gasteiger partial charge is 0.0897 e. The zero-order valence-corrected chi connectivity index (χ0v) is 13.7. The summed E-state index contributed by atoms with van der Waals surface area (Å²) >= 11 is 0. The van der Waals surface area contributed by atoms with Crippen LogP contribution in [0, 0.1) is 11.8 Å². The van der Waals surface area contributed by atoms with E-state index in [1.165, 1.54) is 29.7 Å². The van der Waals surface area contributed by atoms with Gasteiger partial charge < -0.3 is 9.64 Å². The summed E-state index contributed by atoms with van der Waals surface area (Å²) in [7, 11) is 4.14. The molecule has 2 nitrogen and oxygen atoms in total. The molecule has 2 heteroatoms. The lowest BCUT2D eigenvalue weighted by Gasteiger charge is -2.50. The highest BCUT2D eigenvalue weighted by Crippen LogP contribution is 2.52. The lowest BCUT2D eigenvalue weighted by Crippen LogP contribution is -2.46. The van der Waals surface area contributed by atoms with Gasteiger partial charge >= 0.3 is 0 Å². The second kappa shape index (κ2) is 5.17. The summed E-state index contributed by atoms with van der Waals surface area (Å²) in [6.45, 7) is 8.82. The predicted molar refractivity (Wildman–Crippen MR) is 88.6 cm³/mol. The SMILES string of the molecule is C=C1CCC2CC1C(c1ccc(N(C)C)cc1)OC2(C)C. The van der Waals surface area contributed by atoms with Crippen molar-refractivity contribution in [3.8, 4) is 0 Å². The van der Waals surface area contributed by atoms with Gasteiger partial charge in [0.2, 0.25) is 0 Å². The van der Waals surface area contributed by atoms with Crippen LogP contribution in [0.25, 0.3) is 0 Å². The molecule has 1 aromatic carbocycles. The minimum atomic E-state index is -0.0257. The second-order valence-corrected chi connectivity index (χ2v) is 7.36. The van der Waals surface area contributed by atoms with E-state index in [-0.39, 0.29) is 11.7 Å². The van der Waals surface area contributed by atoms with Crippen LogP contribution in [0.1, 0.15) is 44.8 Å². The number of fused-ring (bicyclic) bond motifs is 2. The number of hydrogen-bond donors (Lipinski definition) is 0. The average molecular weight is 285 g/mol. The van der Waals surface area contributed by atoms with E-state index in [0.717, 1.165) is 6.42 Å². The molecular formula is C19H27NO. The molecule has 3 atom stereocenters. The van der Waals surface area contributed by atoms with E-state index in [9.17, 15) is 0 Å². The van der Waals surface area contributed by atoms with E-state index in [1.54, 1.807) is 0 Å². The highest BCUT2D eigenvalue weighted by molar-refractivity contribution is 5.46. The van der Waals surface area contributed by atoms with Crippen LogP contribution in [0.5, 0.6) is 0 Å². The van der Waals surface area contributed by atoms with Gasteiger partial charge in [-0.05, 0) is 56.7 Å². The lowest BCUT2D eigenvalue weighted by molar-refractivity contribution is -0.173. The molecule has 1 saturated heterocycles. The van der Waals surface area contributed by atoms with Crippen molar-refractivity contribution in [1.29, 1.82) is 0 Å². The van der Waals surface area contributed by atoms with Gasteiger partial charge in [0.1, 0.15) is 0 Å². The second-order valence-electron chi connectivity index (χ2n) is 7.36. The van der Waals surface area contributed by atoms with Crippen molar-refractivity contribution in [1.82, 2.24) is 0 Å². The van der Waals surface area contributed by atoms with Gasteiger partial charge in [-0.3, -0.25) is 0 Å². The first kappa shape index (κ1) is 14.6. The standard InChI is InChI=1S/C19H27NO/c1-13-6-9-15-12-17(13)18(21-19(15,2)3)14-7-10-16(11-8-14)20(4)5/h7-8,10-11,15,17-18H,1,6,9,12H2,2-5H3. The predicted octanol–water partition coefficient (Wildman–Crippen LogP) is 4.58. The number of anilines is 1. The molecule has 3 rings (SSSR count). The van der Waals surface area contributed by atoms with Gasteiger partial charge in [0.05, 0.1) is 11.7 Å². The third-order valence-electron chi connectivity index (χ3n) is 5.39. The maximum absolute atomic E-state index is 6.52. The Labute approximate surface area is 128 Å². The summed E-state index contributed by atoms with van der Waals surface area (Å²) in [4.78, 5) is 2.13. The summed E-state index contributed by atoms with van der Waals surface area (Å²) in [5, 5.41) is 0. The van der Waals surface area contributed by atoms with Crippen molar-refractivity contribution < 1.29 is 4.74 Å². The Balaban J connectivity index is 1.90. The molecule has 2 bridgehead atoms. The van der Waals surface area contributed by atoms with Crippen LogP contribution in [-0.2, 0) is 4.74 Å². The fraction of sp³-hybridized carbons (Fsp3) is 0.579. The summed E-state index contributed by atoms with van der Waals surface area (Å²) in [5.74, 6) is 1.16. The van der Waals surface area contributed by atoms with E-state index in [2.05, 4.69) is 63.7 Å². The minimum absolute atomic E-state index is 0.0257. The van der Waals surface area contributed by atoms with Crippen LogP contribution < -0.4 is 4.90 Å². The summed E-state index contributed by atoms with van der Waals surface area (Å²) < 4.78 is 6.52. The van der Waals surface area contributed by atoms with Crippen molar-refractivity contribution in [2.75, 3.05) is 19.0 Å². The third-order valence-corrected chi connectivity index (χ3v) is 5.39. The fourth-order valence-electron chi connectivity index (χ4n) is 3.87. The van der Waals surface area contributed by atoms with Crippen molar-refractivity contribution >= 4 is 5.69 Å². The molecule has 2 fully saturated rings. The van der Waals surface area contributed by atoms with Gasteiger partial charge in [-0.15, -0.1) is 0 Å². The van der Waals surface area contributed by atoms with Crippen LogP contribution in [0.3, 0.4) is 0 Å². The van der Waals surface area contributed by atoms with Gasteiger partial charge in [-0.25, -0.2) is 0 Å². The molecule has 1 heterocycles. The van der Waals surface area contributed by atoms with Crippen molar-refractivity contribution in [3.05, 3.63) is 42.0 Å². The molecule has 21 heavy (non-hydrogen) atoms. The van der Waals surface area contributed by atoms with Crippen LogP contribution in [0.4, 0.5) is 5.69 Å². The maximum Gasteiger partial charge on any atom is 0.0897 e. The summed E-state index contributed by atoms with van der Waals surface area (Å²) in [6, 6.07) is 8.81. The zero-order valence-electron chi connectivity index (χ0n) is 13.7. The normalized spacial score (nSPS) is 31.0. The van der Waals surface area contributed by atoms with Crippen LogP contribution in [0.2, 0.25) is 0 Å². The Kier molecular flexibility index (Phi) is 3.61. The maximum atomic E-state index is 6.52. The van der Waals surface area contributed by atoms with Crippen molar-refractivity contribution in [3.63, 3.8) is 0 Å². The van der Waals surface area contributed by atoms with Gasteiger partial charge in [0, 0.05) is 25.7 Å². The van der Waals surface area contributed by atoms with E-state index in [1.807, 2.05) is 0 Å². The number of nitrogens with zero attached hydrogens (tertiary/aromatic N) is 1. The number of rotatable bonds is 2. The summed E-state index contributed by atoms with van der Waals surface area (Å²) in [5.41, 5.74) is 3.88. The molecule has 2 aliphatic rings. The zero-order chi connectivity index (χ0) is 15.2.